The highest BCUT2D eigenvalue weighted by atomic mass is 15.4. The van der Waals surface area contributed by atoms with E-state index in [-0.39, 0.29) is 5.41 Å². The van der Waals surface area contributed by atoms with E-state index in [1.807, 2.05) is 7.05 Å². The van der Waals surface area contributed by atoms with E-state index in [1.165, 1.54) is 0 Å². The first-order valence-electron chi connectivity index (χ1n) is 5.63. The number of aliphatic imine (C=N–C) groups is 1. The zero-order chi connectivity index (χ0) is 11.9. The van der Waals surface area contributed by atoms with E-state index in [1.54, 1.807) is 0 Å². The van der Waals surface area contributed by atoms with E-state index in [9.17, 15) is 0 Å². The van der Waals surface area contributed by atoms with Crippen LogP contribution in [0.1, 0.15) is 40.5 Å². The van der Waals surface area contributed by atoms with Crippen LogP contribution in [0.15, 0.2) is 4.99 Å². The Morgan fingerprint density at radius 1 is 1.40 bits per heavy atom. The normalized spacial score (nSPS) is 12.8. The molecule has 0 unspecified atom stereocenters. The Bertz CT molecular complexity index is 193. The highest BCUT2D eigenvalue weighted by Gasteiger charge is 2.15. The second-order valence-corrected chi connectivity index (χ2v) is 5.12. The van der Waals surface area contributed by atoms with Crippen LogP contribution in [0.5, 0.6) is 0 Å². The Morgan fingerprint density at radius 2 is 2.00 bits per heavy atom. The Hall–Kier alpha value is -0.770. The van der Waals surface area contributed by atoms with Crippen molar-refractivity contribution in [3.05, 3.63) is 0 Å². The fraction of sp³-hybridized carbons (Fsp3) is 0.909. The average molecular weight is 214 g/mol. The van der Waals surface area contributed by atoms with E-state index in [0.717, 1.165) is 31.9 Å². The molecule has 0 saturated carbocycles. The number of guanidine groups is 1. The molecule has 0 atom stereocenters. The third-order valence-corrected chi connectivity index (χ3v) is 1.98. The summed E-state index contributed by atoms with van der Waals surface area (Å²) in [5.74, 6) is 6.23. The Labute approximate surface area is 93.9 Å². The maximum Gasteiger partial charge on any atom is 0.208 e. The van der Waals surface area contributed by atoms with E-state index in [2.05, 4.69) is 43.0 Å². The quantitative estimate of drug-likeness (QED) is 0.246. The van der Waals surface area contributed by atoms with Gasteiger partial charge >= 0.3 is 0 Å². The van der Waals surface area contributed by atoms with Crippen molar-refractivity contribution >= 4 is 5.96 Å². The van der Waals surface area contributed by atoms with Crippen molar-refractivity contribution < 1.29 is 0 Å². The van der Waals surface area contributed by atoms with Crippen LogP contribution in [-0.2, 0) is 0 Å². The molecule has 4 heteroatoms. The Kier molecular flexibility index (Phi) is 6.32. The molecule has 15 heavy (non-hydrogen) atoms. The summed E-state index contributed by atoms with van der Waals surface area (Å²) in [4.78, 5) is 6.49. The molecule has 0 aromatic heterocycles. The number of nitrogens with two attached hydrogens (primary N) is 1. The maximum absolute atomic E-state index is 5.45. The SMILES string of the molecule is CCCCN=C(NN)N(C)CC(C)(C)C. The summed E-state index contributed by atoms with van der Waals surface area (Å²) in [6.07, 6.45) is 2.26. The molecule has 0 amide bonds. The Morgan fingerprint density at radius 3 is 2.40 bits per heavy atom. The first kappa shape index (κ1) is 14.2. The van der Waals surface area contributed by atoms with Gasteiger partial charge in [-0.2, -0.15) is 0 Å². The molecule has 0 spiro atoms. The van der Waals surface area contributed by atoms with Gasteiger partial charge in [0, 0.05) is 20.1 Å². The zero-order valence-electron chi connectivity index (χ0n) is 10.8. The molecule has 0 heterocycles. The van der Waals surface area contributed by atoms with Crippen LogP contribution < -0.4 is 11.3 Å². The molecule has 0 saturated heterocycles. The zero-order valence-corrected chi connectivity index (χ0v) is 10.8. The van der Waals surface area contributed by atoms with Crippen molar-refractivity contribution in [1.82, 2.24) is 10.3 Å². The summed E-state index contributed by atoms with van der Waals surface area (Å²) in [5.41, 5.74) is 2.91. The second-order valence-electron chi connectivity index (χ2n) is 5.12. The molecular formula is C11H26N4. The van der Waals surface area contributed by atoms with Gasteiger partial charge in [-0.1, -0.05) is 34.1 Å². The predicted octanol–water partition coefficient (Wildman–Crippen LogP) is 1.58. The minimum absolute atomic E-state index is 0.247. The fourth-order valence-electron chi connectivity index (χ4n) is 1.41. The van der Waals surface area contributed by atoms with Crippen LogP contribution in [0.2, 0.25) is 0 Å². The van der Waals surface area contributed by atoms with Crippen LogP contribution in [0, 0.1) is 5.41 Å². The number of unbranched alkanes of at least 4 members (excludes halogenated alkanes) is 1. The second kappa shape index (κ2) is 6.67. The lowest BCUT2D eigenvalue weighted by Crippen LogP contribution is -2.45. The first-order chi connectivity index (χ1) is 6.90. The lowest BCUT2D eigenvalue weighted by molar-refractivity contribution is 0.300. The summed E-state index contributed by atoms with van der Waals surface area (Å²) in [5, 5.41) is 0. The average Bonchev–Trinajstić information content (AvgIpc) is 2.09. The molecule has 0 aliphatic carbocycles. The van der Waals surface area contributed by atoms with Gasteiger partial charge < -0.3 is 4.90 Å². The van der Waals surface area contributed by atoms with Crippen LogP contribution in [-0.4, -0.2) is 31.0 Å². The van der Waals surface area contributed by atoms with Crippen LogP contribution in [0.25, 0.3) is 0 Å². The lowest BCUT2D eigenvalue weighted by Gasteiger charge is -2.28. The van der Waals surface area contributed by atoms with Gasteiger partial charge in [0.1, 0.15) is 0 Å². The Balaban J connectivity index is 4.21. The van der Waals surface area contributed by atoms with Gasteiger partial charge in [-0.15, -0.1) is 0 Å². The number of rotatable bonds is 4. The van der Waals surface area contributed by atoms with Crippen molar-refractivity contribution in [2.75, 3.05) is 20.1 Å². The van der Waals surface area contributed by atoms with Gasteiger partial charge in [-0.3, -0.25) is 10.4 Å². The van der Waals surface area contributed by atoms with E-state index < -0.39 is 0 Å². The standard InChI is InChI=1S/C11H26N4/c1-6-7-8-13-10(14-12)15(5)9-11(2,3)4/h6-9,12H2,1-5H3,(H,13,14). The molecule has 0 aromatic carbocycles. The number of hydrogen-bond acceptors (Lipinski definition) is 2. The molecular weight excluding hydrogens is 188 g/mol. The molecule has 0 radical (unpaired) electrons. The molecule has 0 bridgehead atoms. The molecule has 0 aliphatic heterocycles. The van der Waals surface area contributed by atoms with Gasteiger partial charge in [0.15, 0.2) is 0 Å². The maximum atomic E-state index is 5.45. The summed E-state index contributed by atoms with van der Waals surface area (Å²) in [6, 6.07) is 0. The minimum Gasteiger partial charge on any atom is -0.344 e. The smallest absolute Gasteiger partial charge is 0.208 e. The van der Waals surface area contributed by atoms with Crippen LogP contribution in [0.3, 0.4) is 0 Å². The van der Waals surface area contributed by atoms with Crippen LogP contribution in [0.4, 0.5) is 0 Å². The monoisotopic (exact) mass is 214 g/mol. The third-order valence-electron chi connectivity index (χ3n) is 1.98. The van der Waals surface area contributed by atoms with Gasteiger partial charge in [-0.05, 0) is 11.8 Å². The van der Waals surface area contributed by atoms with Crippen molar-refractivity contribution in [1.29, 1.82) is 0 Å². The van der Waals surface area contributed by atoms with Gasteiger partial charge in [0.2, 0.25) is 5.96 Å². The molecule has 0 aromatic rings. The molecule has 4 nitrogen and oxygen atoms in total. The van der Waals surface area contributed by atoms with E-state index in [0.29, 0.717) is 0 Å². The van der Waals surface area contributed by atoms with E-state index in [4.69, 9.17) is 5.84 Å². The van der Waals surface area contributed by atoms with Gasteiger partial charge in [-0.25, -0.2) is 5.84 Å². The number of hydrogen-bond donors (Lipinski definition) is 2. The van der Waals surface area contributed by atoms with Crippen molar-refractivity contribution in [3.63, 3.8) is 0 Å². The summed E-state index contributed by atoms with van der Waals surface area (Å²) < 4.78 is 0. The molecule has 3 N–H and O–H groups in total. The van der Waals surface area contributed by atoms with Crippen molar-refractivity contribution in [3.8, 4) is 0 Å². The van der Waals surface area contributed by atoms with E-state index >= 15 is 0 Å². The number of nitrogens with one attached hydrogen (secondary N) is 1. The van der Waals surface area contributed by atoms with Gasteiger partial charge in [0.25, 0.3) is 0 Å². The molecule has 0 aliphatic rings. The van der Waals surface area contributed by atoms with Crippen molar-refractivity contribution in [2.24, 2.45) is 16.3 Å². The summed E-state index contributed by atoms with van der Waals surface area (Å²) in [7, 11) is 2.01. The molecule has 0 rings (SSSR count). The van der Waals surface area contributed by atoms with Crippen LogP contribution >= 0.6 is 0 Å². The molecule has 0 fully saturated rings. The lowest BCUT2D eigenvalue weighted by atomic mass is 9.96. The summed E-state index contributed by atoms with van der Waals surface area (Å²) in [6.45, 7) is 10.5. The minimum atomic E-state index is 0.247. The number of hydrazine groups is 1. The van der Waals surface area contributed by atoms with Gasteiger partial charge in [0.05, 0.1) is 0 Å². The highest BCUT2D eigenvalue weighted by Crippen LogP contribution is 2.13. The fourth-order valence-corrected chi connectivity index (χ4v) is 1.41. The third kappa shape index (κ3) is 7.19. The predicted molar refractivity (Wildman–Crippen MR) is 66.6 cm³/mol. The number of nitrogens with zero attached hydrogens (tertiary/aromatic N) is 2. The highest BCUT2D eigenvalue weighted by molar-refractivity contribution is 5.79. The van der Waals surface area contributed by atoms with Crippen molar-refractivity contribution in [2.45, 2.75) is 40.5 Å². The largest absolute Gasteiger partial charge is 0.344 e. The first-order valence-corrected chi connectivity index (χ1v) is 5.63. The summed E-state index contributed by atoms with van der Waals surface area (Å²) >= 11 is 0. The topological polar surface area (TPSA) is 53.6 Å². The molecule has 90 valence electrons.